The zero-order valence-electron chi connectivity index (χ0n) is 10.4. The lowest BCUT2D eigenvalue weighted by Gasteiger charge is -2.15. The van der Waals surface area contributed by atoms with Gasteiger partial charge >= 0.3 is 5.97 Å². The highest BCUT2D eigenvalue weighted by atomic mass is 35.5. The van der Waals surface area contributed by atoms with Gasteiger partial charge in [-0.2, -0.15) is 0 Å². The van der Waals surface area contributed by atoms with Gasteiger partial charge in [-0.25, -0.2) is 9.78 Å². The smallest absolute Gasteiger partial charge is 0.328 e. The summed E-state index contributed by atoms with van der Waals surface area (Å²) in [5.74, 6) is 0.505. The van der Waals surface area contributed by atoms with Crippen LogP contribution in [0.25, 0.3) is 0 Å². The van der Waals surface area contributed by atoms with Gasteiger partial charge in [-0.1, -0.05) is 23.2 Å². The summed E-state index contributed by atoms with van der Waals surface area (Å²) in [6, 6.07) is 1.02. The van der Waals surface area contributed by atoms with Crippen LogP contribution in [-0.2, 0) is 9.53 Å². The van der Waals surface area contributed by atoms with E-state index in [1.54, 1.807) is 13.0 Å². The highest BCUT2D eigenvalue weighted by Gasteiger charge is 2.16. The van der Waals surface area contributed by atoms with Crippen LogP contribution in [0.4, 0.5) is 11.6 Å². The van der Waals surface area contributed by atoms with Gasteiger partial charge in [0.15, 0.2) is 0 Å². The van der Waals surface area contributed by atoms with E-state index in [4.69, 9.17) is 23.2 Å². The average Bonchev–Trinajstić information content (AvgIpc) is 2.34. The van der Waals surface area contributed by atoms with Crippen LogP contribution >= 0.6 is 23.2 Å². The third-order valence-electron chi connectivity index (χ3n) is 2.18. The van der Waals surface area contributed by atoms with Crippen LogP contribution in [0.2, 0.25) is 10.0 Å². The number of aromatic nitrogens is 1. The SMILES string of the molecule is CCNc1nc(NC(C)C(=O)OC)c(Cl)cc1Cl. The van der Waals surface area contributed by atoms with Crippen molar-refractivity contribution in [3.05, 3.63) is 16.1 Å². The second-order valence-electron chi connectivity index (χ2n) is 3.57. The monoisotopic (exact) mass is 291 g/mol. The minimum absolute atomic E-state index is 0.345. The normalized spacial score (nSPS) is 11.8. The van der Waals surface area contributed by atoms with Gasteiger partial charge in [0.25, 0.3) is 0 Å². The molecule has 1 aromatic rings. The Bertz CT molecular complexity index is 441. The van der Waals surface area contributed by atoms with Crippen molar-refractivity contribution in [2.24, 2.45) is 0 Å². The van der Waals surface area contributed by atoms with E-state index >= 15 is 0 Å². The zero-order chi connectivity index (χ0) is 13.7. The summed E-state index contributed by atoms with van der Waals surface area (Å²) in [4.78, 5) is 15.5. The third kappa shape index (κ3) is 3.65. The molecule has 1 heterocycles. The molecule has 2 N–H and O–H groups in total. The molecule has 0 aromatic carbocycles. The minimum atomic E-state index is -0.546. The Labute approximate surface area is 116 Å². The quantitative estimate of drug-likeness (QED) is 0.817. The number of ether oxygens (including phenoxy) is 1. The number of anilines is 2. The van der Waals surface area contributed by atoms with Crippen LogP contribution in [0.1, 0.15) is 13.8 Å². The van der Waals surface area contributed by atoms with Crippen LogP contribution < -0.4 is 10.6 Å². The topological polar surface area (TPSA) is 63.2 Å². The number of hydrogen-bond donors (Lipinski definition) is 2. The van der Waals surface area contributed by atoms with Crippen LogP contribution in [-0.4, -0.2) is 30.6 Å². The lowest BCUT2D eigenvalue weighted by molar-refractivity contribution is -0.141. The van der Waals surface area contributed by atoms with Crippen molar-refractivity contribution in [1.82, 2.24) is 4.98 Å². The van der Waals surface area contributed by atoms with Gasteiger partial charge in [0.1, 0.15) is 17.7 Å². The van der Waals surface area contributed by atoms with Crippen molar-refractivity contribution in [2.75, 3.05) is 24.3 Å². The highest BCUT2D eigenvalue weighted by Crippen LogP contribution is 2.29. The molecular weight excluding hydrogens is 277 g/mol. The van der Waals surface area contributed by atoms with E-state index in [9.17, 15) is 4.79 Å². The molecule has 0 amide bonds. The number of rotatable bonds is 5. The molecule has 1 rings (SSSR count). The first-order valence-electron chi connectivity index (χ1n) is 5.43. The Hall–Kier alpha value is -1.20. The molecule has 0 radical (unpaired) electrons. The summed E-state index contributed by atoms with van der Waals surface area (Å²) in [6.45, 7) is 4.27. The number of pyridine rings is 1. The van der Waals surface area contributed by atoms with Crippen molar-refractivity contribution < 1.29 is 9.53 Å². The summed E-state index contributed by atoms with van der Waals surface area (Å²) >= 11 is 12.0. The van der Waals surface area contributed by atoms with Crippen LogP contribution in [0, 0.1) is 0 Å². The number of esters is 1. The maximum absolute atomic E-state index is 11.3. The zero-order valence-corrected chi connectivity index (χ0v) is 11.9. The molecule has 0 saturated carbocycles. The van der Waals surface area contributed by atoms with Crippen molar-refractivity contribution in [3.8, 4) is 0 Å². The van der Waals surface area contributed by atoms with Gasteiger partial charge in [0.05, 0.1) is 17.2 Å². The van der Waals surface area contributed by atoms with Crippen LogP contribution in [0.5, 0.6) is 0 Å². The number of methoxy groups -OCH3 is 1. The average molecular weight is 292 g/mol. The maximum Gasteiger partial charge on any atom is 0.328 e. The van der Waals surface area contributed by atoms with Crippen LogP contribution in [0.15, 0.2) is 6.07 Å². The molecule has 0 aliphatic heterocycles. The van der Waals surface area contributed by atoms with Gasteiger partial charge in [-0.05, 0) is 19.9 Å². The summed E-state index contributed by atoms with van der Waals surface area (Å²) < 4.78 is 4.61. The fourth-order valence-corrected chi connectivity index (χ4v) is 1.78. The summed E-state index contributed by atoms with van der Waals surface area (Å²) in [5, 5.41) is 6.65. The molecule has 0 spiro atoms. The largest absolute Gasteiger partial charge is 0.467 e. The number of hydrogen-bond acceptors (Lipinski definition) is 5. The summed E-state index contributed by atoms with van der Waals surface area (Å²) in [5.41, 5.74) is 0. The highest BCUT2D eigenvalue weighted by molar-refractivity contribution is 6.37. The van der Waals surface area contributed by atoms with Crippen molar-refractivity contribution in [3.63, 3.8) is 0 Å². The second-order valence-corrected chi connectivity index (χ2v) is 4.38. The molecule has 5 nitrogen and oxygen atoms in total. The van der Waals surface area contributed by atoms with Gasteiger partial charge in [-0.3, -0.25) is 0 Å². The lowest BCUT2D eigenvalue weighted by atomic mass is 10.3. The number of nitrogens with one attached hydrogen (secondary N) is 2. The fraction of sp³-hybridized carbons (Fsp3) is 0.455. The van der Waals surface area contributed by atoms with Gasteiger partial charge < -0.3 is 15.4 Å². The predicted molar refractivity (Wildman–Crippen MR) is 73.5 cm³/mol. The summed E-state index contributed by atoms with van der Waals surface area (Å²) in [7, 11) is 1.32. The van der Waals surface area contributed by atoms with E-state index in [-0.39, 0.29) is 0 Å². The maximum atomic E-state index is 11.3. The number of carbonyl (C=O) groups excluding carboxylic acids is 1. The first-order valence-corrected chi connectivity index (χ1v) is 6.19. The second kappa shape index (κ2) is 6.66. The number of nitrogens with zero attached hydrogens (tertiary/aromatic N) is 1. The molecule has 0 fully saturated rings. The van der Waals surface area contributed by atoms with Gasteiger partial charge in [0.2, 0.25) is 0 Å². The molecule has 0 bridgehead atoms. The first kappa shape index (κ1) is 14.9. The first-order chi connectivity index (χ1) is 8.49. The molecule has 1 aromatic heterocycles. The van der Waals surface area contributed by atoms with Crippen molar-refractivity contribution in [1.29, 1.82) is 0 Å². The standard InChI is InChI=1S/C11H15Cl2N3O2/c1-4-14-9-7(12)5-8(13)10(16-9)15-6(2)11(17)18-3/h5-6H,4H2,1-3H3,(H2,14,15,16). The Kier molecular flexibility index (Phi) is 5.50. The molecular formula is C11H15Cl2N3O2. The molecule has 1 atom stereocenters. The molecule has 7 heteroatoms. The van der Waals surface area contributed by atoms with E-state index in [0.29, 0.717) is 28.2 Å². The number of carbonyl (C=O) groups is 1. The lowest BCUT2D eigenvalue weighted by Crippen LogP contribution is -2.27. The fourth-order valence-electron chi connectivity index (χ4n) is 1.30. The van der Waals surface area contributed by atoms with Crippen molar-refractivity contribution >= 4 is 40.8 Å². The van der Waals surface area contributed by atoms with Crippen LogP contribution in [0.3, 0.4) is 0 Å². The van der Waals surface area contributed by atoms with E-state index < -0.39 is 12.0 Å². The number of halogens is 2. The Balaban J connectivity index is 2.94. The molecule has 18 heavy (non-hydrogen) atoms. The van der Waals surface area contributed by atoms with E-state index in [2.05, 4.69) is 20.4 Å². The molecule has 0 saturated heterocycles. The van der Waals surface area contributed by atoms with Crippen molar-refractivity contribution in [2.45, 2.75) is 19.9 Å². The Morgan fingerprint density at radius 2 is 2.06 bits per heavy atom. The predicted octanol–water partition coefficient (Wildman–Crippen LogP) is 2.79. The summed E-state index contributed by atoms with van der Waals surface area (Å²) in [6.07, 6.45) is 0. The molecule has 100 valence electrons. The Morgan fingerprint density at radius 1 is 1.44 bits per heavy atom. The van der Waals surface area contributed by atoms with E-state index in [1.807, 2.05) is 6.92 Å². The van der Waals surface area contributed by atoms with Gasteiger partial charge in [0, 0.05) is 6.54 Å². The third-order valence-corrected chi connectivity index (χ3v) is 2.76. The van der Waals surface area contributed by atoms with Gasteiger partial charge in [-0.15, -0.1) is 0 Å². The molecule has 0 aliphatic rings. The van der Waals surface area contributed by atoms with E-state index in [0.717, 1.165) is 0 Å². The Morgan fingerprint density at radius 3 is 2.61 bits per heavy atom. The molecule has 1 unspecified atom stereocenters. The van der Waals surface area contributed by atoms with E-state index in [1.165, 1.54) is 7.11 Å². The molecule has 0 aliphatic carbocycles. The minimum Gasteiger partial charge on any atom is -0.467 e.